The van der Waals surface area contributed by atoms with Crippen molar-refractivity contribution in [3.8, 4) is 0 Å². The number of rotatable bonds is 7. The fourth-order valence-corrected chi connectivity index (χ4v) is 2.48. The van der Waals surface area contributed by atoms with Gasteiger partial charge in [0.2, 0.25) is 5.91 Å². The Morgan fingerprint density at radius 1 is 1.25 bits per heavy atom. The first-order valence-corrected chi connectivity index (χ1v) is 8.92. The monoisotopic (exact) mass is 511 g/mol. The lowest BCUT2D eigenvalue weighted by atomic mass is 10.2. The van der Waals surface area contributed by atoms with E-state index in [1.54, 1.807) is 14.1 Å². The fraction of sp³-hybridized carbons (Fsp3) is 0.556. The quantitative estimate of drug-likeness (QED) is 0.326. The van der Waals surface area contributed by atoms with Gasteiger partial charge in [-0.05, 0) is 18.2 Å². The molecule has 0 atom stereocenters. The summed E-state index contributed by atoms with van der Waals surface area (Å²) in [6.07, 6.45) is 0. The maximum Gasteiger partial charge on any atom is 0.241 e. The van der Waals surface area contributed by atoms with Crippen LogP contribution in [0.5, 0.6) is 0 Å². The summed E-state index contributed by atoms with van der Waals surface area (Å²) in [6, 6.07) is 3.27. The van der Waals surface area contributed by atoms with Crippen molar-refractivity contribution in [3.05, 3.63) is 35.4 Å². The minimum atomic E-state index is -0.516. The third-order valence-corrected chi connectivity index (χ3v) is 4.15. The number of hydrogen-bond donors (Lipinski definition) is 2. The number of hydrogen-bond acceptors (Lipinski definition) is 4. The fourth-order valence-electron chi connectivity index (χ4n) is 2.48. The molecule has 0 unspecified atom stereocenters. The highest BCUT2D eigenvalue weighted by Gasteiger charge is 2.11. The third kappa shape index (κ3) is 8.65. The molecule has 1 aromatic carbocycles. The van der Waals surface area contributed by atoms with Crippen LogP contribution in [-0.4, -0.2) is 81.7 Å². The van der Waals surface area contributed by atoms with Crippen LogP contribution < -0.4 is 10.6 Å². The van der Waals surface area contributed by atoms with Crippen LogP contribution in [0.2, 0.25) is 0 Å². The number of carbonyl (C=O) groups excluding carboxylic acids is 1. The number of nitrogens with one attached hydrogen (secondary N) is 2. The van der Waals surface area contributed by atoms with E-state index < -0.39 is 11.6 Å². The summed E-state index contributed by atoms with van der Waals surface area (Å²) in [4.78, 5) is 19.8. The Kier molecular flexibility index (Phi) is 11.2. The standard InChI is InChI=1S/C18H27F2N5O2.HI/c1-24(2)17(26)13-23-18(21-5-6-25-7-9-27-10-8-25)22-12-14-11-15(19)3-4-16(14)20;/h3-4,11H,5-10,12-13H2,1-2H3,(H2,21,22,23);1H. The van der Waals surface area contributed by atoms with Gasteiger partial charge in [0, 0.05) is 45.8 Å². The van der Waals surface area contributed by atoms with Gasteiger partial charge in [-0.25, -0.2) is 13.8 Å². The number of ether oxygens (including phenoxy) is 1. The lowest BCUT2D eigenvalue weighted by Gasteiger charge is -2.26. The van der Waals surface area contributed by atoms with Crippen LogP contribution >= 0.6 is 24.0 Å². The second-order valence-electron chi connectivity index (χ2n) is 6.42. The van der Waals surface area contributed by atoms with E-state index in [0.717, 1.165) is 51.0 Å². The van der Waals surface area contributed by atoms with Gasteiger partial charge in [0.1, 0.15) is 11.6 Å². The van der Waals surface area contributed by atoms with Crippen molar-refractivity contribution in [1.82, 2.24) is 20.4 Å². The first-order chi connectivity index (χ1) is 13.0. The topological polar surface area (TPSA) is 69.2 Å². The number of likely N-dealkylation sites (N-methyl/N-ethyl adjacent to an activating group) is 1. The predicted octanol–water partition coefficient (Wildman–Crippen LogP) is 1.04. The van der Waals surface area contributed by atoms with Gasteiger partial charge in [-0.1, -0.05) is 0 Å². The van der Waals surface area contributed by atoms with Gasteiger partial charge in [0.25, 0.3) is 0 Å². The van der Waals surface area contributed by atoms with Crippen molar-refractivity contribution in [2.75, 3.05) is 60.0 Å². The van der Waals surface area contributed by atoms with E-state index in [-0.39, 0.29) is 48.5 Å². The van der Waals surface area contributed by atoms with Crippen molar-refractivity contribution in [2.24, 2.45) is 4.99 Å². The highest BCUT2D eigenvalue weighted by atomic mass is 127. The van der Waals surface area contributed by atoms with Crippen molar-refractivity contribution in [3.63, 3.8) is 0 Å². The molecule has 0 spiro atoms. The van der Waals surface area contributed by atoms with Crippen LogP contribution in [0.1, 0.15) is 5.56 Å². The van der Waals surface area contributed by atoms with Crippen LogP contribution in [0.4, 0.5) is 8.78 Å². The average Bonchev–Trinajstić information content (AvgIpc) is 2.66. The van der Waals surface area contributed by atoms with Gasteiger partial charge < -0.3 is 20.3 Å². The number of guanidine groups is 1. The smallest absolute Gasteiger partial charge is 0.241 e. The molecule has 1 saturated heterocycles. The van der Waals surface area contributed by atoms with Crippen LogP contribution in [0.15, 0.2) is 23.2 Å². The predicted molar refractivity (Wildman–Crippen MR) is 115 cm³/mol. The number of morpholine rings is 1. The molecule has 1 heterocycles. The molecule has 1 fully saturated rings. The zero-order chi connectivity index (χ0) is 19.6. The maximum absolute atomic E-state index is 13.8. The minimum Gasteiger partial charge on any atom is -0.379 e. The summed E-state index contributed by atoms with van der Waals surface area (Å²) < 4.78 is 32.4. The van der Waals surface area contributed by atoms with Gasteiger partial charge in [-0.3, -0.25) is 9.69 Å². The molecule has 1 aliphatic heterocycles. The Labute approximate surface area is 181 Å². The minimum absolute atomic E-state index is 0. The van der Waals surface area contributed by atoms with Crippen LogP contribution in [0, 0.1) is 11.6 Å². The molecule has 10 heteroatoms. The summed E-state index contributed by atoms with van der Waals surface area (Å²) in [7, 11) is 3.32. The van der Waals surface area contributed by atoms with Crippen LogP contribution in [0.3, 0.4) is 0 Å². The Hall–Kier alpha value is -1.53. The van der Waals surface area contributed by atoms with Gasteiger partial charge in [-0.15, -0.1) is 24.0 Å². The van der Waals surface area contributed by atoms with E-state index in [1.165, 1.54) is 4.90 Å². The molecule has 0 radical (unpaired) electrons. The number of benzene rings is 1. The van der Waals surface area contributed by atoms with Crippen molar-refractivity contribution in [1.29, 1.82) is 0 Å². The molecule has 7 nitrogen and oxygen atoms in total. The Morgan fingerprint density at radius 2 is 1.96 bits per heavy atom. The van der Waals surface area contributed by atoms with Crippen molar-refractivity contribution >= 4 is 35.8 Å². The Bertz CT molecular complexity index is 655. The number of carbonyl (C=O) groups is 1. The number of nitrogens with zero attached hydrogens (tertiary/aromatic N) is 3. The van der Waals surface area contributed by atoms with Gasteiger partial charge in [0.15, 0.2) is 5.96 Å². The molecule has 0 aliphatic carbocycles. The van der Waals surface area contributed by atoms with Gasteiger partial charge in [-0.2, -0.15) is 0 Å². The largest absolute Gasteiger partial charge is 0.379 e. The van der Waals surface area contributed by atoms with E-state index in [0.29, 0.717) is 12.5 Å². The summed E-state index contributed by atoms with van der Waals surface area (Å²) in [5.41, 5.74) is 0.156. The van der Waals surface area contributed by atoms with Crippen LogP contribution in [0.25, 0.3) is 0 Å². The Balaban J connectivity index is 0.00000392. The first-order valence-electron chi connectivity index (χ1n) is 8.92. The normalized spacial score (nSPS) is 14.9. The zero-order valence-electron chi connectivity index (χ0n) is 16.2. The van der Waals surface area contributed by atoms with E-state index in [9.17, 15) is 13.6 Å². The highest BCUT2D eigenvalue weighted by molar-refractivity contribution is 14.0. The van der Waals surface area contributed by atoms with Gasteiger partial charge in [0.05, 0.1) is 26.3 Å². The van der Waals surface area contributed by atoms with Crippen LogP contribution in [-0.2, 0) is 16.1 Å². The third-order valence-electron chi connectivity index (χ3n) is 4.15. The number of halogens is 3. The maximum atomic E-state index is 13.8. The molecule has 1 aliphatic rings. The molecular formula is C18H28F2IN5O2. The molecule has 1 aromatic rings. The first kappa shape index (κ1) is 24.5. The lowest BCUT2D eigenvalue weighted by Crippen LogP contribution is -2.46. The van der Waals surface area contributed by atoms with E-state index in [1.807, 2.05) is 0 Å². The molecule has 28 heavy (non-hydrogen) atoms. The molecule has 0 bridgehead atoms. The number of amides is 1. The highest BCUT2D eigenvalue weighted by Crippen LogP contribution is 2.10. The molecule has 2 rings (SSSR count). The average molecular weight is 511 g/mol. The zero-order valence-corrected chi connectivity index (χ0v) is 18.5. The molecule has 0 aromatic heterocycles. The summed E-state index contributed by atoms with van der Waals surface area (Å²) in [5.74, 6) is -0.770. The SMILES string of the molecule is CN(C)C(=O)CNC(=NCc1cc(F)ccc1F)NCCN1CCOCC1.I. The van der Waals surface area contributed by atoms with Crippen molar-refractivity contribution in [2.45, 2.75) is 6.54 Å². The molecule has 1 amide bonds. The summed E-state index contributed by atoms with van der Waals surface area (Å²) in [6.45, 7) is 4.59. The Morgan fingerprint density at radius 3 is 2.64 bits per heavy atom. The van der Waals surface area contributed by atoms with E-state index in [2.05, 4.69) is 20.5 Å². The molecular weight excluding hydrogens is 483 g/mol. The number of aliphatic imine (C=N–C) groups is 1. The molecule has 2 N–H and O–H groups in total. The van der Waals surface area contributed by atoms with Crippen molar-refractivity contribution < 1.29 is 18.3 Å². The van der Waals surface area contributed by atoms with E-state index in [4.69, 9.17) is 4.74 Å². The van der Waals surface area contributed by atoms with E-state index >= 15 is 0 Å². The summed E-state index contributed by atoms with van der Waals surface area (Å²) in [5, 5.41) is 6.07. The van der Waals surface area contributed by atoms with Gasteiger partial charge >= 0.3 is 0 Å². The molecule has 0 saturated carbocycles. The second kappa shape index (κ2) is 12.8. The summed E-state index contributed by atoms with van der Waals surface area (Å²) >= 11 is 0. The molecule has 158 valence electrons. The second-order valence-corrected chi connectivity index (χ2v) is 6.42. The lowest BCUT2D eigenvalue weighted by molar-refractivity contribution is -0.127.